The van der Waals surface area contributed by atoms with Crippen molar-refractivity contribution in [2.45, 2.75) is 30.6 Å². The molecule has 0 spiro atoms. The fourth-order valence-corrected chi connectivity index (χ4v) is 4.80. The van der Waals surface area contributed by atoms with Gasteiger partial charge < -0.3 is 9.47 Å². The van der Waals surface area contributed by atoms with Gasteiger partial charge in [-0.05, 0) is 60.2 Å². The van der Waals surface area contributed by atoms with Crippen LogP contribution in [0.15, 0.2) is 60.8 Å². The highest BCUT2D eigenvalue weighted by Gasteiger charge is 2.28. The number of ether oxygens (including phenoxy) is 2. The van der Waals surface area contributed by atoms with Gasteiger partial charge in [-0.3, -0.25) is 9.52 Å². The van der Waals surface area contributed by atoms with Crippen LogP contribution in [0.4, 0.5) is 0 Å². The van der Waals surface area contributed by atoms with Crippen LogP contribution in [0.5, 0.6) is 17.4 Å². The van der Waals surface area contributed by atoms with E-state index < -0.39 is 0 Å². The SMILES string of the molecule is N#Cc1ccc(Oc2cccc3c2CCC3Oc2ccc(C3CC(=O)NS3)cc2)nc1. The van der Waals surface area contributed by atoms with Gasteiger partial charge in [-0.25, -0.2) is 4.98 Å². The molecule has 1 saturated heterocycles. The lowest BCUT2D eigenvalue weighted by atomic mass is 10.1. The van der Waals surface area contributed by atoms with Crippen LogP contribution in [-0.2, 0) is 11.2 Å². The number of fused-ring (bicyclic) bond motifs is 1. The molecule has 0 bridgehead atoms. The van der Waals surface area contributed by atoms with Gasteiger partial charge >= 0.3 is 0 Å². The van der Waals surface area contributed by atoms with E-state index in [1.807, 2.05) is 36.4 Å². The molecule has 0 radical (unpaired) electrons. The van der Waals surface area contributed by atoms with Gasteiger partial charge in [-0.2, -0.15) is 5.26 Å². The zero-order chi connectivity index (χ0) is 21.2. The number of carbonyl (C=O) groups is 1. The summed E-state index contributed by atoms with van der Waals surface area (Å²) >= 11 is 1.46. The molecule has 5 rings (SSSR count). The molecule has 1 amide bonds. The number of aromatic nitrogens is 1. The quantitative estimate of drug-likeness (QED) is 0.573. The van der Waals surface area contributed by atoms with Gasteiger partial charge in [0.1, 0.15) is 23.7 Å². The normalized spacial score (nSPS) is 19.4. The molecule has 6 nitrogen and oxygen atoms in total. The zero-order valence-electron chi connectivity index (χ0n) is 16.6. The molecule has 7 heteroatoms. The number of pyridine rings is 1. The molecule has 1 N–H and O–H groups in total. The number of carbonyl (C=O) groups excluding carboxylic acids is 1. The number of hydrogen-bond acceptors (Lipinski definition) is 6. The van der Waals surface area contributed by atoms with Crippen LogP contribution in [0.3, 0.4) is 0 Å². The summed E-state index contributed by atoms with van der Waals surface area (Å²) in [4.78, 5) is 15.6. The minimum atomic E-state index is -0.0394. The largest absolute Gasteiger partial charge is 0.486 e. The van der Waals surface area contributed by atoms with Crippen molar-refractivity contribution in [2.75, 3.05) is 0 Å². The van der Waals surface area contributed by atoms with Gasteiger partial charge in [0.15, 0.2) is 0 Å². The Balaban J connectivity index is 1.30. The molecule has 1 aromatic heterocycles. The minimum Gasteiger partial charge on any atom is -0.486 e. The molecular weight excluding hydrogens is 410 g/mol. The van der Waals surface area contributed by atoms with E-state index in [4.69, 9.17) is 14.7 Å². The summed E-state index contributed by atoms with van der Waals surface area (Å²) < 4.78 is 15.1. The Morgan fingerprint density at radius 3 is 2.71 bits per heavy atom. The van der Waals surface area contributed by atoms with E-state index in [9.17, 15) is 4.79 Å². The molecule has 1 aliphatic carbocycles. The number of nitriles is 1. The second-order valence-electron chi connectivity index (χ2n) is 7.47. The summed E-state index contributed by atoms with van der Waals surface area (Å²) in [6.07, 6.45) is 3.70. The molecule has 0 saturated carbocycles. The Morgan fingerprint density at radius 1 is 1.13 bits per heavy atom. The topological polar surface area (TPSA) is 84.2 Å². The van der Waals surface area contributed by atoms with Gasteiger partial charge in [-0.1, -0.05) is 24.3 Å². The first-order valence-electron chi connectivity index (χ1n) is 10.1. The third kappa shape index (κ3) is 4.07. The Bertz CT molecular complexity index is 1160. The van der Waals surface area contributed by atoms with Crippen LogP contribution in [0.25, 0.3) is 0 Å². The van der Waals surface area contributed by atoms with Crippen molar-refractivity contribution >= 4 is 17.9 Å². The van der Waals surface area contributed by atoms with Crippen LogP contribution in [0.2, 0.25) is 0 Å². The minimum absolute atomic E-state index is 0.0394. The number of nitrogens with one attached hydrogen (secondary N) is 1. The monoisotopic (exact) mass is 429 g/mol. The van der Waals surface area contributed by atoms with Crippen molar-refractivity contribution < 1.29 is 14.3 Å². The first-order chi connectivity index (χ1) is 15.2. The highest BCUT2D eigenvalue weighted by Crippen LogP contribution is 2.41. The van der Waals surface area contributed by atoms with E-state index in [1.165, 1.54) is 18.1 Å². The number of amides is 1. The van der Waals surface area contributed by atoms with Crippen LogP contribution in [-0.4, -0.2) is 10.9 Å². The number of benzene rings is 2. The molecule has 154 valence electrons. The fourth-order valence-electron chi connectivity index (χ4n) is 3.92. The van der Waals surface area contributed by atoms with Gasteiger partial charge in [0.25, 0.3) is 0 Å². The van der Waals surface area contributed by atoms with Crippen LogP contribution >= 0.6 is 11.9 Å². The number of nitrogens with zero attached hydrogens (tertiary/aromatic N) is 2. The van der Waals surface area contributed by atoms with Crippen molar-refractivity contribution in [3.63, 3.8) is 0 Å². The van der Waals surface area contributed by atoms with Crippen LogP contribution in [0.1, 0.15) is 46.4 Å². The molecule has 31 heavy (non-hydrogen) atoms. The Kier molecular flexibility index (Phi) is 5.23. The molecule has 2 unspecified atom stereocenters. The molecular formula is C24H19N3O3S. The molecule has 1 fully saturated rings. The first kappa shape index (κ1) is 19.5. The summed E-state index contributed by atoms with van der Waals surface area (Å²) in [5, 5.41) is 9.07. The summed E-state index contributed by atoms with van der Waals surface area (Å²) in [5.74, 6) is 2.12. The summed E-state index contributed by atoms with van der Waals surface area (Å²) in [5.41, 5.74) is 3.87. The second kappa shape index (κ2) is 8.32. The van der Waals surface area contributed by atoms with Crippen LogP contribution < -0.4 is 14.2 Å². The van der Waals surface area contributed by atoms with Gasteiger partial charge in [0.2, 0.25) is 11.8 Å². The maximum absolute atomic E-state index is 11.4. The molecule has 2 heterocycles. The van der Waals surface area contributed by atoms with E-state index in [1.54, 1.807) is 12.1 Å². The third-order valence-electron chi connectivity index (χ3n) is 5.47. The summed E-state index contributed by atoms with van der Waals surface area (Å²) in [6.45, 7) is 0. The summed E-state index contributed by atoms with van der Waals surface area (Å²) in [7, 11) is 0. The first-order valence-corrected chi connectivity index (χ1v) is 10.9. The van der Waals surface area contributed by atoms with E-state index in [0.29, 0.717) is 17.9 Å². The van der Waals surface area contributed by atoms with Gasteiger partial charge in [0.05, 0.1) is 10.8 Å². The van der Waals surface area contributed by atoms with E-state index in [-0.39, 0.29) is 17.3 Å². The average molecular weight is 430 g/mol. The molecule has 2 atom stereocenters. The lowest BCUT2D eigenvalue weighted by Gasteiger charge is -2.16. The van der Waals surface area contributed by atoms with E-state index in [2.05, 4.69) is 21.8 Å². The fraction of sp³-hybridized carbons (Fsp3) is 0.208. The maximum Gasteiger partial charge on any atom is 0.231 e. The standard InChI is InChI=1S/C24H19N3O3S/c25-13-15-4-11-24(26-14-15)30-20-3-1-2-18-19(20)9-10-21(18)29-17-7-5-16(6-8-17)22-12-23(28)27-31-22/h1-8,11,14,21-22H,9-10,12H2,(H,27,28). The number of hydrogen-bond donors (Lipinski definition) is 1. The maximum atomic E-state index is 11.4. The number of rotatable bonds is 5. The van der Waals surface area contributed by atoms with Gasteiger partial charge in [0, 0.05) is 24.2 Å². The van der Waals surface area contributed by atoms with E-state index >= 15 is 0 Å². The van der Waals surface area contributed by atoms with Crippen molar-refractivity contribution in [3.8, 4) is 23.4 Å². The second-order valence-corrected chi connectivity index (χ2v) is 8.48. The Morgan fingerprint density at radius 2 is 2.00 bits per heavy atom. The van der Waals surface area contributed by atoms with Crippen molar-refractivity contribution in [1.29, 1.82) is 5.26 Å². The molecule has 1 aliphatic heterocycles. The van der Waals surface area contributed by atoms with Crippen molar-refractivity contribution in [3.05, 3.63) is 83.0 Å². The van der Waals surface area contributed by atoms with Crippen molar-refractivity contribution in [2.24, 2.45) is 0 Å². The highest BCUT2D eigenvalue weighted by molar-refractivity contribution is 7.98. The lowest BCUT2D eigenvalue weighted by Crippen LogP contribution is -2.05. The Hall–Kier alpha value is -3.50. The molecule has 3 aromatic rings. The highest BCUT2D eigenvalue weighted by atomic mass is 32.2. The van der Waals surface area contributed by atoms with Crippen molar-refractivity contribution in [1.82, 2.24) is 9.71 Å². The third-order valence-corrected chi connectivity index (χ3v) is 6.54. The predicted octanol–water partition coefficient (Wildman–Crippen LogP) is 5.02. The zero-order valence-corrected chi connectivity index (χ0v) is 17.4. The molecule has 2 aliphatic rings. The predicted molar refractivity (Wildman–Crippen MR) is 117 cm³/mol. The lowest BCUT2D eigenvalue weighted by molar-refractivity contribution is -0.118. The summed E-state index contributed by atoms with van der Waals surface area (Å²) in [6, 6.07) is 19.4. The van der Waals surface area contributed by atoms with E-state index in [0.717, 1.165) is 41.0 Å². The smallest absolute Gasteiger partial charge is 0.231 e. The average Bonchev–Trinajstić information content (AvgIpc) is 3.42. The van der Waals surface area contributed by atoms with Gasteiger partial charge in [-0.15, -0.1) is 0 Å². The van der Waals surface area contributed by atoms with Crippen LogP contribution in [0, 0.1) is 11.3 Å². The molecule has 2 aromatic carbocycles. The Labute approximate surface area is 184 Å².